The number of imidazole rings is 1. The highest BCUT2D eigenvalue weighted by atomic mass is 16.5. The molecule has 1 N–H and O–H groups in total. The first-order chi connectivity index (χ1) is 12.1. The zero-order valence-electron chi connectivity index (χ0n) is 14.5. The molecule has 128 valence electrons. The molecule has 1 fully saturated rings. The Balaban J connectivity index is 1.51. The normalized spacial score (nSPS) is 13.8. The number of fused-ring (bicyclic) bond motifs is 1. The number of pyridine rings is 1. The Bertz CT molecular complexity index is 924. The highest BCUT2D eigenvalue weighted by Gasteiger charge is 2.30. The Morgan fingerprint density at radius 3 is 2.68 bits per heavy atom. The molecule has 4 rings (SSSR count). The van der Waals surface area contributed by atoms with Crippen molar-refractivity contribution in [1.82, 2.24) is 9.38 Å². The summed E-state index contributed by atoms with van der Waals surface area (Å²) in [6.07, 6.45) is 3.88. The minimum absolute atomic E-state index is 0.0716. The second-order valence-corrected chi connectivity index (χ2v) is 6.68. The van der Waals surface area contributed by atoms with Crippen molar-refractivity contribution >= 4 is 17.4 Å². The zero-order valence-corrected chi connectivity index (χ0v) is 14.5. The first-order valence-corrected chi connectivity index (χ1v) is 8.58. The molecule has 0 radical (unpaired) electrons. The molecule has 1 amide bonds. The lowest BCUT2D eigenvalue weighted by Gasteiger charge is -2.07. The fourth-order valence-corrected chi connectivity index (χ4v) is 2.76. The van der Waals surface area contributed by atoms with Crippen LogP contribution in [0.1, 0.15) is 29.7 Å². The molecule has 2 aromatic heterocycles. The molecule has 1 aliphatic carbocycles. The highest BCUT2D eigenvalue weighted by Crippen LogP contribution is 2.30. The quantitative estimate of drug-likeness (QED) is 0.770. The lowest BCUT2D eigenvalue weighted by atomic mass is 10.2. The van der Waals surface area contributed by atoms with Crippen molar-refractivity contribution in [3.63, 3.8) is 0 Å². The van der Waals surface area contributed by atoms with E-state index >= 15 is 0 Å². The number of benzene rings is 1. The standard InChI is InChI=1S/C20H21N3O2/c1-13-3-5-15(6-4-13)12-25-17-9-10-18-21-19(14(2)23(18)11-17)22-20(24)16-7-8-16/h3-6,9-11,16H,7-8,12H2,1-2H3,(H,22,24). The maximum absolute atomic E-state index is 12.0. The van der Waals surface area contributed by atoms with Crippen LogP contribution in [-0.4, -0.2) is 15.3 Å². The van der Waals surface area contributed by atoms with E-state index in [0.29, 0.717) is 12.4 Å². The van der Waals surface area contributed by atoms with E-state index in [0.717, 1.165) is 35.5 Å². The van der Waals surface area contributed by atoms with Crippen LogP contribution in [0.4, 0.5) is 5.82 Å². The fraction of sp³-hybridized carbons (Fsp3) is 0.300. The van der Waals surface area contributed by atoms with Gasteiger partial charge < -0.3 is 10.1 Å². The number of ether oxygens (including phenoxy) is 1. The predicted molar refractivity (Wildman–Crippen MR) is 96.8 cm³/mol. The Morgan fingerprint density at radius 1 is 1.20 bits per heavy atom. The topological polar surface area (TPSA) is 55.6 Å². The van der Waals surface area contributed by atoms with Gasteiger partial charge in [-0.25, -0.2) is 4.98 Å². The van der Waals surface area contributed by atoms with Gasteiger partial charge in [0.25, 0.3) is 0 Å². The maximum Gasteiger partial charge on any atom is 0.228 e. The van der Waals surface area contributed by atoms with Gasteiger partial charge in [0.05, 0.1) is 11.9 Å². The SMILES string of the molecule is Cc1ccc(COc2ccc3nc(NC(=O)C4CC4)c(C)n3c2)cc1. The Hall–Kier alpha value is -2.82. The van der Waals surface area contributed by atoms with Gasteiger partial charge >= 0.3 is 0 Å². The first kappa shape index (κ1) is 15.7. The fourth-order valence-electron chi connectivity index (χ4n) is 2.76. The number of carbonyl (C=O) groups excluding carboxylic acids is 1. The van der Waals surface area contributed by atoms with Crippen LogP contribution in [0, 0.1) is 19.8 Å². The van der Waals surface area contributed by atoms with Gasteiger partial charge in [-0.2, -0.15) is 0 Å². The number of carbonyl (C=O) groups is 1. The second kappa shape index (κ2) is 6.24. The van der Waals surface area contributed by atoms with Crippen LogP contribution in [-0.2, 0) is 11.4 Å². The van der Waals surface area contributed by atoms with Gasteiger partial charge in [-0.15, -0.1) is 0 Å². The molecule has 1 saturated carbocycles. The van der Waals surface area contributed by atoms with Gasteiger partial charge in [-0.3, -0.25) is 9.20 Å². The molecule has 5 heteroatoms. The van der Waals surface area contributed by atoms with Crippen molar-refractivity contribution in [2.45, 2.75) is 33.3 Å². The third-order valence-electron chi connectivity index (χ3n) is 4.55. The van der Waals surface area contributed by atoms with E-state index in [1.807, 2.05) is 29.7 Å². The zero-order chi connectivity index (χ0) is 17.4. The van der Waals surface area contributed by atoms with Crippen molar-refractivity contribution in [2.75, 3.05) is 5.32 Å². The minimum atomic E-state index is 0.0716. The summed E-state index contributed by atoms with van der Waals surface area (Å²) < 4.78 is 7.85. The van der Waals surface area contributed by atoms with Crippen LogP contribution in [0.15, 0.2) is 42.6 Å². The van der Waals surface area contributed by atoms with Crippen LogP contribution in [0.2, 0.25) is 0 Å². The number of nitrogens with one attached hydrogen (secondary N) is 1. The molecule has 1 aromatic carbocycles. The van der Waals surface area contributed by atoms with Crippen LogP contribution in [0.5, 0.6) is 5.75 Å². The third kappa shape index (κ3) is 3.36. The average Bonchev–Trinajstić information content (AvgIpc) is 3.42. The van der Waals surface area contributed by atoms with Crippen LogP contribution >= 0.6 is 0 Å². The third-order valence-corrected chi connectivity index (χ3v) is 4.55. The highest BCUT2D eigenvalue weighted by molar-refractivity contribution is 5.94. The number of hydrogen-bond donors (Lipinski definition) is 1. The van der Waals surface area contributed by atoms with E-state index in [4.69, 9.17) is 4.74 Å². The van der Waals surface area contributed by atoms with Gasteiger partial charge in [-0.1, -0.05) is 29.8 Å². The number of nitrogens with zero attached hydrogens (tertiary/aromatic N) is 2. The summed E-state index contributed by atoms with van der Waals surface area (Å²) in [6.45, 7) is 4.54. The summed E-state index contributed by atoms with van der Waals surface area (Å²) in [4.78, 5) is 16.5. The van der Waals surface area contributed by atoms with Crippen molar-refractivity contribution < 1.29 is 9.53 Å². The molecule has 5 nitrogen and oxygen atoms in total. The summed E-state index contributed by atoms with van der Waals surface area (Å²) in [5, 5.41) is 2.93. The van der Waals surface area contributed by atoms with E-state index in [2.05, 4.69) is 41.5 Å². The molecular weight excluding hydrogens is 314 g/mol. The summed E-state index contributed by atoms with van der Waals surface area (Å²) in [6, 6.07) is 12.1. The molecule has 0 saturated heterocycles. The number of hydrogen-bond acceptors (Lipinski definition) is 3. The van der Waals surface area contributed by atoms with Crippen LogP contribution in [0.3, 0.4) is 0 Å². The summed E-state index contributed by atoms with van der Waals surface area (Å²) in [7, 11) is 0. The molecule has 1 aliphatic rings. The summed E-state index contributed by atoms with van der Waals surface area (Å²) in [5.41, 5.74) is 4.07. The van der Waals surface area contributed by atoms with E-state index in [1.165, 1.54) is 5.56 Å². The van der Waals surface area contributed by atoms with Gasteiger partial charge in [-0.05, 0) is 44.4 Å². The summed E-state index contributed by atoms with van der Waals surface area (Å²) in [5.74, 6) is 1.64. The molecule has 0 bridgehead atoms. The molecular formula is C20H21N3O2. The monoisotopic (exact) mass is 335 g/mol. The Kier molecular flexibility index (Phi) is 3.92. The second-order valence-electron chi connectivity index (χ2n) is 6.68. The molecule has 0 spiro atoms. The van der Waals surface area contributed by atoms with Gasteiger partial charge in [0.15, 0.2) is 5.82 Å². The van der Waals surface area contributed by atoms with Gasteiger partial charge in [0.1, 0.15) is 18.0 Å². The molecule has 3 aromatic rings. The number of aryl methyl sites for hydroxylation is 2. The predicted octanol–water partition coefficient (Wildman–Crippen LogP) is 3.88. The van der Waals surface area contributed by atoms with E-state index in [9.17, 15) is 4.79 Å². The van der Waals surface area contributed by atoms with Crippen molar-refractivity contribution in [3.05, 3.63) is 59.4 Å². The number of amides is 1. The lowest BCUT2D eigenvalue weighted by Crippen LogP contribution is -2.14. The van der Waals surface area contributed by atoms with Crippen molar-refractivity contribution in [1.29, 1.82) is 0 Å². The molecule has 0 unspecified atom stereocenters. The molecule has 0 aliphatic heterocycles. The van der Waals surface area contributed by atoms with E-state index in [1.54, 1.807) is 0 Å². The van der Waals surface area contributed by atoms with E-state index in [-0.39, 0.29) is 11.8 Å². The lowest BCUT2D eigenvalue weighted by molar-refractivity contribution is -0.117. The smallest absolute Gasteiger partial charge is 0.228 e. The Labute approximate surface area is 146 Å². The number of aromatic nitrogens is 2. The molecule has 2 heterocycles. The largest absolute Gasteiger partial charge is 0.487 e. The number of anilines is 1. The van der Waals surface area contributed by atoms with Crippen molar-refractivity contribution in [3.8, 4) is 5.75 Å². The average molecular weight is 335 g/mol. The maximum atomic E-state index is 12.0. The van der Waals surface area contributed by atoms with Crippen molar-refractivity contribution in [2.24, 2.45) is 5.92 Å². The molecule has 25 heavy (non-hydrogen) atoms. The Morgan fingerprint density at radius 2 is 1.96 bits per heavy atom. The number of rotatable bonds is 5. The molecule has 0 atom stereocenters. The first-order valence-electron chi connectivity index (χ1n) is 8.58. The van der Waals surface area contributed by atoms with Crippen LogP contribution < -0.4 is 10.1 Å². The summed E-state index contributed by atoms with van der Waals surface area (Å²) >= 11 is 0. The van der Waals surface area contributed by atoms with Crippen LogP contribution in [0.25, 0.3) is 5.65 Å². The minimum Gasteiger partial charge on any atom is -0.487 e. The van der Waals surface area contributed by atoms with Gasteiger partial charge in [0, 0.05) is 5.92 Å². The van der Waals surface area contributed by atoms with Gasteiger partial charge in [0.2, 0.25) is 5.91 Å². The van der Waals surface area contributed by atoms with E-state index < -0.39 is 0 Å².